The van der Waals surface area contributed by atoms with Crippen molar-refractivity contribution in [3.05, 3.63) is 41.6 Å². The molecule has 0 saturated carbocycles. The number of nitrogens with zero attached hydrogens (tertiary/aromatic N) is 4. The van der Waals surface area contributed by atoms with Gasteiger partial charge in [0.15, 0.2) is 0 Å². The second kappa shape index (κ2) is 6.40. The SMILES string of the molecule is CN(c1ccccc1-c1cc(Cl)c2cnc(S(C)=O)nn12)S(C)(=O)=O. The molecular weight excluding hydrogens is 384 g/mol. The Labute approximate surface area is 152 Å². The fourth-order valence-electron chi connectivity index (χ4n) is 2.40. The normalized spacial score (nSPS) is 13.1. The van der Waals surface area contributed by atoms with Crippen LogP contribution in [0.25, 0.3) is 16.8 Å². The minimum Gasteiger partial charge on any atom is -0.273 e. The summed E-state index contributed by atoms with van der Waals surface area (Å²) < 4.78 is 38.3. The quantitative estimate of drug-likeness (QED) is 0.672. The lowest BCUT2D eigenvalue weighted by atomic mass is 10.1. The number of halogens is 1. The van der Waals surface area contributed by atoms with Gasteiger partial charge in [0.2, 0.25) is 15.2 Å². The maximum absolute atomic E-state index is 12.0. The van der Waals surface area contributed by atoms with Crippen LogP contribution in [0, 0.1) is 0 Å². The highest BCUT2D eigenvalue weighted by atomic mass is 35.5. The van der Waals surface area contributed by atoms with E-state index in [1.165, 1.54) is 28.3 Å². The number of aromatic nitrogens is 3. The minimum atomic E-state index is -3.44. The maximum Gasteiger partial charge on any atom is 0.237 e. The van der Waals surface area contributed by atoms with Gasteiger partial charge in [0.05, 0.1) is 39.7 Å². The van der Waals surface area contributed by atoms with Crippen molar-refractivity contribution in [2.45, 2.75) is 5.16 Å². The number of rotatable bonds is 4. The summed E-state index contributed by atoms with van der Waals surface area (Å²) in [6, 6.07) is 8.70. The molecule has 2 heterocycles. The molecule has 0 saturated heterocycles. The first-order valence-electron chi connectivity index (χ1n) is 7.11. The van der Waals surface area contributed by atoms with Crippen LogP contribution in [-0.4, -0.2) is 46.8 Å². The van der Waals surface area contributed by atoms with E-state index in [0.717, 1.165) is 6.26 Å². The lowest BCUT2D eigenvalue weighted by Gasteiger charge is -2.20. The lowest BCUT2D eigenvalue weighted by Crippen LogP contribution is -2.25. The van der Waals surface area contributed by atoms with Gasteiger partial charge in [-0.3, -0.25) is 8.51 Å². The zero-order chi connectivity index (χ0) is 18.4. The van der Waals surface area contributed by atoms with E-state index in [-0.39, 0.29) is 5.16 Å². The van der Waals surface area contributed by atoms with Crippen LogP contribution in [0.2, 0.25) is 5.02 Å². The van der Waals surface area contributed by atoms with E-state index >= 15 is 0 Å². The molecule has 2 aromatic heterocycles. The molecule has 3 aromatic rings. The smallest absolute Gasteiger partial charge is 0.237 e. The Balaban J connectivity index is 2.31. The molecular formula is C15H15ClN4O3S2. The number of para-hydroxylation sites is 1. The van der Waals surface area contributed by atoms with Crippen molar-refractivity contribution in [3.63, 3.8) is 0 Å². The molecule has 1 atom stereocenters. The molecule has 1 unspecified atom stereocenters. The first-order valence-corrected chi connectivity index (χ1v) is 10.9. The van der Waals surface area contributed by atoms with Crippen molar-refractivity contribution >= 4 is 43.6 Å². The van der Waals surface area contributed by atoms with E-state index in [0.29, 0.717) is 27.5 Å². The molecule has 0 N–H and O–H groups in total. The molecule has 0 bridgehead atoms. The summed E-state index contributed by atoms with van der Waals surface area (Å²) in [4.78, 5) is 4.05. The van der Waals surface area contributed by atoms with Crippen molar-refractivity contribution in [1.29, 1.82) is 0 Å². The third-order valence-electron chi connectivity index (χ3n) is 3.72. The van der Waals surface area contributed by atoms with Gasteiger partial charge in [-0.05, 0) is 12.1 Å². The van der Waals surface area contributed by atoms with Gasteiger partial charge in [-0.2, -0.15) is 0 Å². The van der Waals surface area contributed by atoms with E-state index in [9.17, 15) is 12.6 Å². The number of hydrogen-bond donors (Lipinski definition) is 0. The number of hydrogen-bond acceptors (Lipinski definition) is 5. The van der Waals surface area contributed by atoms with Gasteiger partial charge in [-0.25, -0.2) is 17.9 Å². The van der Waals surface area contributed by atoms with Gasteiger partial charge < -0.3 is 0 Å². The molecule has 0 aliphatic heterocycles. The van der Waals surface area contributed by atoms with E-state index in [1.807, 2.05) is 0 Å². The first kappa shape index (κ1) is 17.8. The highest BCUT2D eigenvalue weighted by Crippen LogP contribution is 2.35. The molecule has 0 radical (unpaired) electrons. The topological polar surface area (TPSA) is 84.6 Å². The van der Waals surface area contributed by atoms with Crippen LogP contribution in [0.4, 0.5) is 5.69 Å². The average molecular weight is 399 g/mol. The Morgan fingerprint density at radius 2 is 1.96 bits per heavy atom. The fourth-order valence-corrected chi connectivity index (χ4v) is 3.55. The Morgan fingerprint density at radius 3 is 2.60 bits per heavy atom. The van der Waals surface area contributed by atoms with E-state index in [1.54, 1.807) is 30.3 Å². The van der Waals surface area contributed by atoms with Crippen LogP contribution in [-0.2, 0) is 20.8 Å². The van der Waals surface area contributed by atoms with Crippen LogP contribution in [0.3, 0.4) is 0 Å². The molecule has 3 rings (SSSR count). The summed E-state index contributed by atoms with van der Waals surface area (Å²) >= 11 is 6.27. The number of fused-ring (bicyclic) bond motifs is 1. The molecule has 1 aromatic carbocycles. The Bertz CT molecular complexity index is 1100. The van der Waals surface area contributed by atoms with Crippen LogP contribution >= 0.6 is 11.6 Å². The second-order valence-corrected chi connectivity index (χ2v) is 9.11. The molecule has 0 spiro atoms. The largest absolute Gasteiger partial charge is 0.273 e. The van der Waals surface area contributed by atoms with Crippen molar-refractivity contribution in [1.82, 2.24) is 14.6 Å². The second-order valence-electron chi connectivity index (χ2n) is 5.42. The van der Waals surface area contributed by atoms with Crippen molar-refractivity contribution < 1.29 is 12.6 Å². The average Bonchev–Trinajstić information content (AvgIpc) is 2.89. The molecule has 0 amide bonds. The Hall–Kier alpha value is -1.97. The van der Waals surface area contributed by atoms with Crippen LogP contribution in [0.15, 0.2) is 41.7 Å². The zero-order valence-electron chi connectivity index (χ0n) is 13.7. The van der Waals surface area contributed by atoms with Crippen LogP contribution in [0.5, 0.6) is 0 Å². The lowest BCUT2D eigenvalue weighted by molar-refractivity contribution is 0.600. The Morgan fingerprint density at radius 1 is 1.28 bits per heavy atom. The summed E-state index contributed by atoms with van der Waals surface area (Å²) in [5.41, 5.74) is 2.24. The summed E-state index contributed by atoms with van der Waals surface area (Å²) in [7, 11) is -3.33. The molecule has 10 heteroatoms. The van der Waals surface area contributed by atoms with Crippen molar-refractivity contribution in [2.75, 3.05) is 23.9 Å². The number of sulfonamides is 1. The Kier molecular flexibility index (Phi) is 4.56. The number of anilines is 1. The van der Waals surface area contributed by atoms with Crippen LogP contribution < -0.4 is 4.31 Å². The molecule has 0 aliphatic rings. The third-order valence-corrected chi connectivity index (χ3v) is 5.92. The highest BCUT2D eigenvalue weighted by Gasteiger charge is 2.20. The maximum atomic E-state index is 12.0. The minimum absolute atomic E-state index is 0.162. The van der Waals surface area contributed by atoms with Gasteiger partial charge in [0.25, 0.3) is 0 Å². The van der Waals surface area contributed by atoms with Gasteiger partial charge >= 0.3 is 0 Å². The molecule has 0 fully saturated rings. The standard InChI is InChI=1S/C15H15ClN4O3S2/c1-19(25(3,22)23)12-7-5-4-6-10(12)13-8-11(16)14-9-17-15(24(2)21)18-20(13)14/h4-9H,1-3H3. The van der Waals surface area contributed by atoms with Crippen LogP contribution in [0.1, 0.15) is 0 Å². The predicted octanol–water partition coefficient (Wildman–Crippen LogP) is 2.18. The molecule has 7 nitrogen and oxygen atoms in total. The van der Waals surface area contributed by atoms with Crippen molar-refractivity contribution in [2.24, 2.45) is 0 Å². The predicted molar refractivity (Wildman–Crippen MR) is 99.0 cm³/mol. The summed E-state index contributed by atoms with van der Waals surface area (Å²) in [5, 5.41) is 4.87. The van der Waals surface area contributed by atoms with E-state index < -0.39 is 20.8 Å². The third kappa shape index (κ3) is 3.26. The summed E-state index contributed by atoms with van der Waals surface area (Å²) in [5.74, 6) is 0. The fraction of sp³-hybridized carbons (Fsp3) is 0.200. The van der Waals surface area contributed by atoms with Crippen molar-refractivity contribution in [3.8, 4) is 11.3 Å². The first-order chi connectivity index (χ1) is 11.7. The van der Waals surface area contributed by atoms with Gasteiger partial charge in [0.1, 0.15) is 5.52 Å². The van der Waals surface area contributed by atoms with Gasteiger partial charge in [-0.15, -0.1) is 5.10 Å². The van der Waals surface area contributed by atoms with Gasteiger partial charge in [0, 0.05) is 18.9 Å². The monoisotopic (exact) mass is 398 g/mol. The van der Waals surface area contributed by atoms with Gasteiger partial charge in [-0.1, -0.05) is 29.8 Å². The van der Waals surface area contributed by atoms with E-state index in [2.05, 4.69) is 10.1 Å². The van der Waals surface area contributed by atoms with E-state index in [4.69, 9.17) is 11.6 Å². The molecule has 132 valence electrons. The highest BCUT2D eigenvalue weighted by molar-refractivity contribution is 7.92. The molecule has 0 aliphatic carbocycles. The zero-order valence-corrected chi connectivity index (χ0v) is 16.1. The summed E-state index contributed by atoms with van der Waals surface area (Å²) in [6.07, 6.45) is 4.11. The molecule has 25 heavy (non-hydrogen) atoms. The summed E-state index contributed by atoms with van der Waals surface area (Å²) in [6.45, 7) is 0. The number of benzene rings is 1.